The highest BCUT2D eigenvalue weighted by atomic mass is 79.9. The predicted octanol–water partition coefficient (Wildman–Crippen LogP) is 3.37. The van der Waals surface area contributed by atoms with Crippen molar-refractivity contribution in [3.05, 3.63) is 26.4 Å². The van der Waals surface area contributed by atoms with E-state index >= 15 is 0 Å². The first-order valence-corrected chi connectivity index (χ1v) is 6.27. The van der Waals surface area contributed by atoms with Gasteiger partial charge in [-0.15, -0.1) is 11.3 Å². The highest BCUT2D eigenvalue weighted by Crippen LogP contribution is 2.25. The molecule has 1 aromatic rings. The molecular formula is C11H10BrNO2S. The number of nitriles is 1. The van der Waals surface area contributed by atoms with Crippen molar-refractivity contribution >= 4 is 39.3 Å². The number of ether oxygens (including phenoxy) is 1. The number of hydrogen-bond donors (Lipinski definition) is 0. The largest absolute Gasteiger partial charge is 0.459 e. The van der Waals surface area contributed by atoms with Crippen molar-refractivity contribution in [1.29, 1.82) is 5.26 Å². The van der Waals surface area contributed by atoms with Gasteiger partial charge in [-0.05, 0) is 47.3 Å². The van der Waals surface area contributed by atoms with E-state index in [1.807, 2.05) is 17.5 Å². The lowest BCUT2D eigenvalue weighted by molar-refractivity contribution is -0.142. The van der Waals surface area contributed by atoms with Crippen molar-refractivity contribution in [3.8, 4) is 6.07 Å². The first kappa shape index (κ1) is 12.9. The van der Waals surface area contributed by atoms with E-state index < -0.39 is 5.97 Å². The van der Waals surface area contributed by atoms with E-state index in [-0.39, 0.29) is 11.7 Å². The van der Waals surface area contributed by atoms with Crippen LogP contribution in [0.4, 0.5) is 0 Å². The minimum Gasteiger partial charge on any atom is -0.459 e. The lowest BCUT2D eigenvalue weighted by Crippen LogP contribution is -2.12. The highest BCUT2D eigenvalue weighted by molar-refractivity contribution is 9.11. The molecule has 1 rings (SSSR count). The third-order valence-electron chi connectivity index (χ3n) is 1.63. The Morgan fingerprint density at radius 1 is 1.69 bits per heavy atom. The van der Waals surface area contributed by atoms with Crippen LogP contribution in [0.5, 0.6) is 0 Å². The summed E-state index contributed by atoms with van der Waals surface area (Å²) < 4.78 is 5.84. The summed E-state index contributed by atoms with van der Waals surface area (Å²) in [5.74, 6) is -0.587. The maximum Gasteiger partial charge on any atom is 0.349 e. The number of hydrogen-bond acceptors (Lipinski definition) is 4. The first-order chi connectivity index (χ1) is 7.54. The second kappa shape index (κ2) is 5.83. The molecule has 0 aromatic carbocycles. The minimum absolute atomic E-state index is 0.00722. The fraction of sp³-hybridized carbons (Fsp3) is 0.273. The molecule has 3 nitrogen and oxygen atoms in total. The number of carbonyl (C=O) groups excluding carboxylic acids is 1. The molecule has 5 heteroatoms. The molecule has 0 atom stereocenters. The molecule has 0 radical (unpaired) electrons. The van der Waals surface area contributed by atoms with Gasteiger partial charge < -0.3 is 4.74 Å². The Labute approximate surface area is 106 Å². The van der Waals surface area contributed by atoms with Crippen LogP contribution in [0.25, 0.3) is 6.08 Å². The maximum absolute atomic E-state index is 11.5. The number of halogens is 1. The second-order valence-corrected chi connectivity index (χ2v) is 5.51. The van der Waals surface area contributed by atoms with Gasteiger partial charge in [-0.25, -0.2) is 4.79 Å². The Balaban J connectivity index is 2.92. The van der Waals surface area contributed by atoms with Crippen LogP contribution in [-0.2, 0) is 9.53 Å². The van der Waals surface area contributed by atoms with Gasteiger partial charge in [0.1, 0.15) is 11.6 Å². The molecule has 0 saturated heterocycles. The molecular weight excluding hydrogens is 290 g/mol. The monoisotopic (exact) mass is 299 g/mol. The molecule has 0 spiro atoms. The molecule has 0 aliphatic carbocycles. The van der Waals surface area contributed by atoms with Crippen molar-refractivity contribution in [2.24, 2.45) is 0 Å². The molecule has 0 aliphatic rings. The van der Waals surface area contributed by atoms with Crippen molar-refractivity contribution in [1.82, 2.24) is 0 Å². The highest BCUT2D eigenvalue weighted by Gasteiger charge is 2.13. The average Bonchev–Trinajstić information content (AvgIpc) is 2.59. The third kappa shape index (κ3) is 3.47. The van der Waals surface area contributed by atoms with E-state index in [2.05, 4.69) is 15.9 Å². The lowest BCUT2D eigenvalue weighted by atomic mass is 10.2. The van der Waals surface area contributed by atoms with Gasteiger partial charge in [0.2, 0.25) is 0 Å². The number of thiophene rings is 1. The summed E-state index contributed by atoms with van der Waals surface area (Å²) >= 11 is 4.83. The van der Waals surface area contributed by atoms with E-state index in [9.17, 15) is 4.79 Å². The quantitative estimate of drug-likeness (QED) is 0.488. The van der Waals surface area contributed by atoms with Crippen LogP contribution in [-0.4, -0.2) is 12.1 Å². The van der Waals surface area contributed by atoms with E-state index in [0.717, 1.165) is 9.35 Å². The average molecular weight is 300 g/mol. The number of nitrogens with zero attached hydrogens (tertiary/aromatic N) is 1. The van der Waals surface area contributed by atoms with Gasteiger partial charge in [-0.2, -0.15) is 5.26 Å². The summed E-state index contributed by atoms with van der Waals surface area (Å²) in [6.07, 6.45) is 1.29. The lowest BCUT2D eigenvalue weighted by Gasteiger charge is -2.06. The normalized spacial score (nSPS) is 11.3. The van der Waals surface area contributed by atoms with E-state index in [1.54, 1.807) is 13.8 Å². The van der Waals surface area contributed by atoms with E-state index in [1.165, 1.54) is 17.4 Å². The van der Waals surface area contributed by atoms with Gasteiger partial charge in [0.05, 0.1) is 9.89 Å². The molecule has 1 heterocycles. The van der Waals surface area contributed by atoms with Gasteiger partial charge in [-0.3, -0.25) is 0 Å². The molecule has 0 bridgehead atoms. The summed E-state index contributed by atoms with van der Waals surface area (Å²) in [5.41, 5.74) is 0.815. The van der Waals surface area contributed by atoms with Gasteiger partial charge in [0.25, 0.3) is 0 Å². The van der Waals surface area contributed by atoms with Crippen LogP contribution in [0.1, 0.15) is 19.4 Å². The number of carbonyl (C=O) groups is 1. The molecule has 0 amide bonds. The molecule has 16 heavy (non-hydrogen) atoms. The van der Waals surface area contributed by atoms with Gasteiger partial charge in [0.15, 0.2) is 0 Å². The molecule has 1 aromatic heterocycles. The van der Waals surface area contributed by atoms with Crippen molar-refractivity contribution in [3.63, 3.8) is 0 Å². The summed E-state index contributed by atoms with van der Waals surface area (Å²) in [5, 5.41) is 10.7. The Morgan fingerprint density at radius 3 is 2.81 bits per heavy atom. The zero-order chi connectivity index (χ0) is 12.1. The van der Waals surface area contributed by atoms with Crippen LogP contribution in [0.15, 0.2) is 20.8 Å². The summed E-state index contributed by atoms with van der Waals surface area (Å²) in [7, 11) is 0. The Morgan fingerprint density at radius 2 is 2.38 bits per heavy atom. The summed E-state index contributed by atoms with van der Waals surface area (Å²) in [6, 6.07) is 3.67. The van der Waals surface area contributed by atoms with Crippen LogP contribution < -0.4 is 0 Å². The van der Waals surface area contributed by atoms with Crippen LogP contribution in [0, 0.1) is 11.3 Å². The maximum atomic E-state index is 11.5. The van der Waals surface area contributed by atoms with Crippen molar-refractivity contribution in [2.75, 3.05) is 0 Å². The molecule has 84 valence electrons. The fourth-order valence-electron chi connectivity index (χ4n) is 0.975. The van der Waals surface area contributed by atoms with E-state index in [0.29, 0.717) is 0 Å². The zero-order valence-corrected chi connectivity index (χ0v) is 11.3. The standard InChI is InChI=1S/C11H10BrNO2S/c1-7(2)15-11(14)9(6-13)5-8-3-4-16-10(8)12/h3-5,7H,1-2H3/b9-5+. The zero-order valence-electron chi connectivity index (χ0n) is 8.86. The SMILES string of the molecule is CC(C)OC(=O)/C(C#N)=C/c1ccsc1Br. The molecule has 0 unspecified atom stereocenters. The topological polar surface area (TPSA) is 50.1 Å². The number of esters is 1. The Hall–Kier alpha value is -1.12. The minimum atomic E-state index is -0.587. The Bertz CT molecular complexity index is 457. The smallest absolute Gasteiger partial charge is 0.349 e. The van der Waals surface area contributed by atoms with Crippen molar-refractivity contribution < 1.29 is 9.53 Å². The van der Waals surface area contributed by atoms with Gasteiger partial charge in [0, 0.05) is 5.56 Å². The first-order valence-electron chi connectivity index (χ1n) is 4.60. The molecule has 0 fully saturated rings. The third-order valence-corrected chi connectivity index (χ3v) is 3.36. The van der Waals surface area contributed by atoms with Crippen LogP contribution in [0.3, 0.4) is 0 Å². The predicted molar refractivity (Wildman–Crippen MR) is 66.8 cm³/mol. The van der Waals surface area contributed by atoms with Gasteiger partial charge >= 0.3 is 5.97 Å². The van der Waals surface area contributed by atoms with Crippen molar-refractivity contribution in [2.45, 2.75) is 20.0 Å². The second-order valence-electron chi connectivity index (χ2n) is 3.27. The fourth-order valence-corrected chi connectivity index (χ4v) is 2.14. The van der Waals surface area contributed by atoms with E-state index in [4.69, 9.17) is 10.00 Å². The molecule has 0 saturated carbocycles. The molecule has 0 N–H and O–H groups in total. The number of rotatable bonds is 3. The van der Waals surface area contributed by atoms with Gasteiger partial charge in [-0.1, -0.05) is 0 Å². The Kier molecular flexibility index (Phi) is 4.71. The summed E-state index contributed by atoms with van der Waals surface area (Å²) in [4.78, 5) is 11.5. The van der Waals surface area contributed by atoms with Crippen LogP contribution >= 0.6 is 27.3 Å². The summed E-state index contributed by atoms with van der Waals surface area (Å²) in [6.45, 7) is 3.49. The van der Waals surface area contributed by atoms with Crippen LogP contribution in [0.2, 0.25) is 0 Å². The molecule has 0 aliphatic heterocycles.